The van der Waals surface area contributed by atoms with Gasteiger partial charge in [-0.2, -0.15) is 4.98 Å². The minimum atomic E-state index is 0.152. The smallest absolute Gasteiger partial charge is 0.253 e. The number of hydrogen-bond donors (Lipinski definition) is 0. The van der Waals surface area contributed by atoms with Crippen molar-refractivity contribution in [3.05, 3.63) is 54.6 Å². The number of rotatable bonds is 6. The van der Waals surface area contributed by atoms with Gasteiger partial charge in [0.2, 0.25) is 5.82 Å². The van der Waals surface area contributed by atoms with E-state index >= 15 is 0 Å². The van der Waals surface area contributed by atoms with E-state index in [-0.39, 0.29) is 6.10 Å². The molecule has 1 unspecified atom stereocenters. The molecule has 1 atom stereocenters. The molecule has 3 aromatic rings. The first-order valence-corrected chi connectivity index (χ1v) is 8.69. The zero-order valence-electron chi connectivity index (χ0n) is 14.4. The molecule has 134 valence electrons. The van der Waals surface area contributed by atoms with Gasteiger partial charge in [-0.1, -0.05) is 11.2 Å². The number of piperidine rings is 1. The molecule has 0 spiro atoms. The van der Waals surface area contributed by atoms with Crippen LogP contribution in [0.15, 0.2) is 47.5 Å². The molecule has 0 amide bonds. The van der Waals surface area contributed by atoms with Gasteiger partial charge in [0.1, 0.15) is 12.3 Å². The highest BCUT2D eigenvalue weighted by Gasteiger charge is 2.22. The van der Waals surface area contributed by atoms with Gasteiger partial charge in [-0.05, 0) is 31.5 Å². The first-order valence-electron chi connectivity index (χ1n) is 8.69. The summed E-state index contributed by atoms with van der Waals surface area (Å²) in [5.74, 6) is 0.879. The Morgan fingerprint density at radius 2 is 2.19 bits per heavy atom. The van der Waals surface area contributed by atoms with E-state index in [9.17, 15) is 0 Å². The Bertz CT molecular complexity index is 811. The van der Waals surface area contributed by atoms with Crippen LogP contribution in [-0.4, -0.2) is 49.2 Å². The van der Waals surface area contributed by atoms with Crippen LogP contribution in [-0.2, 0) is 17.9 Å². The van der Waals surface area contributed by atoms with E-state index in [2.05, 4.69) is 36.1 Å². The highest BCUT2D eigenvalue weighted by molar-refractivity contribution is 5.45. The molecule has 0 radical (unpaired) electrons. The Morgan fingerprint density at radius 1 is 1.19 bits per heavy atom. The van der Waals surface area contributed by atoms with E-state index in [4.69, 9.17) is 9.26 Å². The largest absolute Gasteiger partial charge is 0.367 e. The van der Waals surface area contributed by atoms with Gasteiger partial charge < -0.3 is 9.26 Å². The zero-order chi connectivity index (χ0) is 17.6. The van der Waals surface area contributed by atoms with Crippen LogP contribution in [0.4, 0.5) is 0 Å². The van der Waals surface area contributed by atoms with E-state index < -0.39 is 0 Å². The van der Waals surface area contributed by atoms with E-state index in [0.717, 1.165) is 38.2 Å². The molecule has 4 rings (SSSR count). The molecule has 1 aliphatic heterocycles. The lowest BCUT2D eigenvalue weighted by molar-refractivity contribution is -0.0213. The van der Waals surface area contributed by atoms with Crippen molar-refractivity contribution in [1.82, 2.24) is 30.0 Å². The summed E-state index contributed by atoms with van der Waals surface area (Å²) >= 11 is 0. The van der Waals surface area contributed by atoms with Crippen molar-refractivity contribution in [2.45, 2.75) is 32.1 Å². The Balaban J connectivity index is 1.30. The predicted molar refractivity (Wildman–Crippen MR) is 92.6 cm³/mol. The van der Waals surface area contributed by atoms with Crippen LogP contribution in [0.1, 0.15) is 24.4 Å². The molecule has 1 aliphatic rings. The number of nitrogens with zero attached hydrogens (tertiary/aromatic N) is 6. The summed E-state index contributed by atoms with van der Waals surface area (Å²) in [6, 6.07) is 6.01. The van der Waals surface area contributed by atoms with Gasteiger partial charge in [0.15, 0.2) is 0 Å². The zero-order valence-corrected chi connectivity index (χ0v) is 14.4. The highest BCUT2D eigenvalue weighted by Crippen LogP contribution is 2.17. The summed E-state index contributed by atoms with van der Waals surface area (Å²) in [6.45, 7) is 3.09. The number of ether oxygens (including phenoxy) is 1. The minimum Gasteiger partial charge on any atom is -0.367 e. The molecule has 0 bridgehead atoms. The summed E-state index contributed by atoms with van der Waals surface area (Å²) in [5.41, 5.74) is 1.67. The molecule has 8 nitrogen and oxygen atoms in total. The summed E-state index contributed by atoms with van der Waals surface area (Å²) in [4.78, 5) is 19.3. The highest BCUT2D eigenvalue weighted by atomic mass is 16.5. The van der Waals surface area contributed by atoms with Crippen LogP contribution in [0.3, 0.4) is 0 Å². The molecule has 0 aliphatic carbocycles. The molecule has 1 saturated heterocycles. The van der Waals surface area contributed by atoms with Crippen LogP contribution < -0.4 is 0 Å². The van der Waals surface area contributed by atoms with Gasteiger partial charge >= 0.3 is 0 Å². The summed E-state index contributed by atoms with van der Waals surface area (Å²) in [6.07, 6.45) is 8.92. The Morgan fingerprint density at radius 3 is 3.04 bits per heavy atom. The number of pyridine rings is 1. The summed E-state index contributed by atoms with van der Waals surface area (Å²) in [7, 11) is 0. The third-order valence-corrected chi connectivity index (χ3v) is 4.28. The van der Waals surface area contributed by atoms with E-state index in [1.807, 2.05) is 18.3 Å². The molecule has 8 heteroatoms. The van der Waals surface area contributed by atoms with Gasteiger partial charge in [-0.25, -0.2) is 4.98 Å². The summed E-state index contributed by atoms with van der Waals surface area (Å²) < 4.78 is 11.2. The number of hydrogen-bond acceptors (Lipinski definition) is 8. The monoisotopic (exact) mass is 352 g/mol. The third kappa shape index (κ3) is 4.27. The van der Waals surface area contributed by atoms with Crippen molar-refractivity contribution in [3.8, 4) is 11.5 Å². The van der Waals surface area contributed by atoms with Crippen LogP contribution in [0.25, 0.3) is 11.5 Å². The molecule has 4 heterocycles. The standard InChI is InChI=1S/C18H20N6O2/c1-2-6-20-14(4-1)11-24-9-3-5-15(12-24)25-13-17-22-18(23-26-17)16-10-19-7-8-21-16/h1-2,4,6-8,10,15H,3,5,9,11-13H2. The predicted octanol–water partition coefficient (Wildman–Crippen LogP) is 2.10. The Hall–Kier alpha value is -2.71. The first kappa shape index (κ1) is 16.7. The molecule has 0 aromatic carbocycles. The van der Waals surface area contributed by atoms with Crippen LogP contribution in [0.2, 0.25) is 0 Å². The second-order valence-electron chi connectivity index (χ2n) is 6.23. The molecule has 26 heavy (non-hydrogen) atoms. The normalized spacial score (nSPS) is 18.1. The average Bonchev–Trinajstić information content (AvgIpc) is 3.17. The van der Waals surface area contributed by atoms with Gasteiger partial charge in [-0.3, -0.25) is 14.9 Å². The second-order valence-corrected chi connectivity index (χ2v) is 6.23. The second kappa shape index (κ2) is 8.11. The fourth-order valence-electron chi connectivity index (χ4n) is 3.03. The van der Waals surface area contributed by atoms with Gasteiger partial charge in [0.25, 0.3) is 5.89 Å². The SMILES string of the molecule is c1ccc(CN2CCCC(OCc3nc(-c4cnccn4)no3)C2)nc1. The van der Waals surface area contributed by atoms with Crippen molar-refractivity contribution in [3.63, 3.8) is 0 Å². The lowest BCUT2D eigenvalue weighted by Crippen LogP contribution is -2.39. The van der Waals surface area contributed by atoms with Gasteiger partial charge in [0.05, 0.1) is 18.0 Å². The number of likely N-dealkylation sites (tertiary alicyclic amines) is 1. The maximum atomic E-state index is 5.99. The Kier molecular flexibility index (Phi) is 5.22. The lowest BCUT2D eigenvalue weighted by Gasteiger charge is -2.32. The molecule has 3 aromatic heterocycles. The average molecular weight is 352 g/mol. The topological polar surface area (TPSA) is 90.1 Å². The maximum Gasteiger partial charge on any atom is 0.253 e. The molecule has 0 saturated carbocycles. The Labute approximate surface area is 151 Å². The fourth-order valence-corrected chi connectivity index (χ4v) is 3.03. The van der Waals surface area contributed by atoms with Crippen molar-refractivity contribution in [2.24, 2.45) is 0 Å². The molecular formula is C18H20N6O2. The third-order valence-electron chi connectivity index (χ3n) is 4.28. The number of aromatic nitrogens is 5. The fraction of sp³-hybridized carbons (Fsp3) is 0.389. The van der Waals surface area contributed by atoms with Gasteiger partial charge in [0, 0.05) is 31.7 Å². The molecular weight excluding hydrogens is 332 g/mol. The summed E-state index contributed by atoms with van der Waals surface area (Å²) in [5, 5.41) is 3.93. The maximum absolute atomic E-state index is 5.99. The van der Waals surface area contributed by atoms with Crippen LogP contribution in [0, 0.1) is 0 Å². The quantitative estimate of drug-likeness (QED) is 0.666. The van der Waals surface area contributed by atoms with E-state index in [0.29, 0.717) is 24.0 Å². The lowest BCUT2D eigenvalue weighted by atomic mass is 10.1. The van der Waals surface area contributed by atoms with Crippen molar-refractivity contribution < 1.29 is 9.26 Å². The van der Waals surface area contributed by atoms with Crippen LogP contribution in [0.5, 0.6) is 0 Å². The molecule has 0 N–H and O–H groups in total. The van der Waals surface area contributed by atoms with Crippen molar-refractivity contribution in [1.29, 1.82) is 0 Å². The minimum absolute atomic E-state index is 0.152. The molecule has 1 fully saturated rings. The first-order chi connectivity index (χ1) is 12.9. The van der Waals surface area contributed by atoms with Crippen molar-refractivity contribution in [2.75, 3.05) is 13.1 Å². The van der Waals surface area contributed by atoms with Crippen molar-refractivity contribution >= 4 is 0 Å². The van der Waals surface area contributed by atoms with E-state index in [1.54, 1.807) is 18.6 Å². The van der Waals surface area contributed by atoms with Crippen LogP contribution >= 0.6 is 0 Å². The van der Waals surface area contributed by atoms with E-state index in [1.165, 1.54) is 0 Å². The van der Waals surface area contributed by atoms with Gasteiger partial charge in [-0.15, -0.1) is 0 Å².